The summed E-state index contributed by atoms with van der Waals surface area (Å²) in [5.74, 6) is -0.892. The molecule has 2 aromatic rings. The monoisotopic (exact) mass is 528 g/mol. The zero-order valence-electron chi connectivity index (χ0n) is 14.5. The van der Waals surface area contributed by atoms with Crippen LogP contribution in [-0.2, 0) is 9.59 Å². The van der Waals surface area contributed by atoms with Crippen LogP contribution in [0.25, 0.3) is 6.08 Å². The van der Waals surface area contributed by atoms with Crippen LogP contribution in [0, 0.1) is 10.5 Å². The van der Waals surface area contributed by atoms with Crippen LogP contribution in [0.15, 0.2) is 41.3 Å². The molecule has 1 aliphatic rings. The quantitative estimate of drug-likeness (QED) is 0.446. The highest BCUT2D eigenvalue weighted by Gasteiger charge is 2.36. The highest BCUT2D eigenvalue weighted by atomic mass is 127. The molecule has 1 aliphatic heterocycles. The number of thioether (sulfide) groups is 1. The molecule has 9 heteroatoms. The lowest BCUT2D eigenvalue weighted by Crippen LogP contribution is -2.36. The number of rotatable bonds is 4. The molecule has 28 heavy (non-hydrogen) atoms. The van der Waals surface area contributed by atoms with Gasteiger partial charge < -0.3 is 10.4 Å². The zero-order valence-corrected chi connectivity index (χ0v) is 18.3. The Balaban J connectivity index is 1.70. The molecule has 0 bridgehead atoms. The SMILES string of the molecule is Cc1ccc(NC(=O)CN2C(=O)S/C(=C\c3ccc(O)c(I)c3)C2=O)cc1Cl. The number of nitrogens with one attached hydrogen (secondary N) is 1. The fraction of sp³-hybridized carbons (Fsp3) is 0.105. The Hall–Kier alpha value is -2.04. The Morgan fingerprint density at radius 2 is 2.04 bits per heavy atom. The van der Waals surface area contributed by atoms with Crippen molar-refractivity contribution in [3.8, 4) is 5.75 Å². The molecule has 1 saturated heterocycles. The van der Waals surface area contributed by atoms with Crippen LogP contribution < -0.4 is 5.32 Å². The van der Waals surface area contributed by atoms with Gasteiger partial charge in [-0.15, -0.1) is 0 Å². The standard InChI is InChI=1S/C19H14ClIN2O4S/c1-10-2-4-12(8-13(10)20)22-17(25)9-23-18(26)16(28-19(23)27)7-11-3-5-15(24)14(21)6-11/h2-8,24H,9H2,1H3,(H,22,25)/b16-7-. The molecule has 144 valence electrons. The van der Waals surface area contributed by atoms with Crippen molar-refractivity contribution in [2.45, 2.75) is 6.92 Å². The second-order valence-electron chi connectivity index (χ2n) is 5.99. The van der Waals surface area contributed by atoms with Crippen molar-refractivity contribution >= 4 is 74.8 Å². The summed E-state index contributed by atoms with van der Waals surface area (Å²) in [6.45, 7) is 1.45. The number of carbonyl (C=O) groups is 3. The van der Waals surface area contributed by atoms with Gasteiger partial charge in [-0.25, -0.2) is 0 Å². The number of aromatic hydroxyl groups is 1. The van der Waals surface area contributed by atoms with Crippen molar-refractivity contribution in [3.05, 3.63) is 61.0 Å². The van der Waals surface area contributed by atoms with E-state index in [2.05, 4.69) is 5.32 Å². The molecule has 0 radical (unpaired) electrons. The fourth-order valence-corrected chi connectivity index (χ4v) is 3.97. The summed E-state index contributed by atoms with van der Waals surface area (Å²) in [6.07, 6.45) is 1.56. The number of hydrogen-bond acceptors (Lipinski definition) is 5. The lowest BCUT2D eigenvalue weighted by molar-refractivity contribution is -0.127. The predicted octanol–water partition coefficient (Wildman–Crippen LogP) is 4.63. The van der Waals surface area contributed by atoms with Gasteiger partial charge in [0.25, 0.3) is 11.1 Å². The summed E-state index contributed by atoms with van der Waals surface area (Å²) in [7, 11) is 0. The summed E-state index contributed by atoms with van der Waals surface area (Å²) in [5.41, 5.74) is 2.04. The molecule has 2 N–H and O–H groups in total. The summed E-state index contributed by atoms with van der Waals surface area (Å²) in [4.78, 5) is 38.1. The van der Waals surface area contributed by atoms with Crippen molar-refractivity contribution in [2.75, 3.05) is 11.9 Å². The smallest absolute Gasteiger partial charge is 0.294 e. The number of carbonyl (C=O) groups excluding carboxylic acids is 3. The molecular formula is C19H14ClIN2O4S. The van der Waals surface area contributed by atoms with Gasteiger partial charge in [0.15, 0.2) is 0 Å². The number of hydrogen-bond donors (Lipinski definition) is 2. The van der Waals surface area contributed by atoms with E-state index >= 15 is 0 Å². The summed E-state index contributed by atoms with van der Waals surface area (Å²) >= 11 is 8.78. The molecule has 2 aromatic carbocycles. The van der Waals surface area contributed by atoms with Gasteiger partial charge in [-0.3, -0.25) is 19.3 Å². The van der Waals surface area contributed by atoms with Crippen molar-refractivity contribution in [2.24, 2.45) is 0 Å². The van der Waals surface area contributed by atoms with Crippen LogP contribution in [0.2, 0.25) is 5.02 Å². The van der Waals surface area contributed by atoms with E-state index in [0.29, 0.717) is 19.8 Å². The maximum Gasteiger partial charge on any atom is 0.294 e. The van der Waals surface area contributed by atoms with E-state index in [-0.39, 0.29) is 17.2 Å². The van der Waals surface area contributed by atoms with Crippen molar-refractivity contribution in [3.63, 3.8) is 0 Å². The fourth-order valence-electron chi connectivity index (χ4n) is 2.42. The van der Waals surface area contributed by atoms with Crippen LogP contribution in [0.4, 0.5) is 10.5 Å². The topological polar surface area (TPSA) is 86.7 Å². The van der Waals surface area contributed by atoms with Gasteiger partial charge in [0, 0.05) is 10.7 Å². The van der Waals surface area contributed by atoms with Crippen LogP contribution in [0.5, 0.6) is 5.75 Å². The Labute approximate surface area is 184 Å². The van der Waals surface area contributed by atoms with Crippen molar-refractivity contribution in [1.82, 2.24) is 4.90 Å². The maximum absolute atomic E-state index is 12.5. The number of anilines is 1. The first-order valence-electron chi connectivity index (χ1n) is 8.04. The van der Waals surface area contributed by atoms with Crippen LogP contribution >= 0.6 is 46.0 Å². The molecular weight excluding hydrogens is 515 g/mol. The van der Waals surface area contributed by atoms with E-state index in [0.717, 1.165) is 22.2 Å². The highest BCUT2D eigenvalue weighted by Crippen LogP contribution is 2.33. The van der Waals surface area contributed by atoms with Crippen LogP contribution in [0.3, 0.4) is 0 Å². The average Bonchev–Trinajstić information content (AvgIpc) is 2.89. The van der Waals surface area contributed by atoms with Gasteiger partial charge in [0.2, 0.25) is 5.91 Å². The number of phenolic OH excluding ortho intramolecular Hbond substituents is 1. The molecule has 0 spiro atoms. The van der Waals surface area contributed by atoms with Crippen LogP contribution in [-0.4, -0.2) is 33.6 Å². The number of aryl methyl sites for hydroxylation is 1. The van der Waals surface area contributed by atoms with Gasteiger partial charge in [0.05, 0.1) is 8.48 Å². The third kappa shape index (κ3) is 4.68. The number of amides is 3. The van der Waals surface area contributed by atoms with Gasteiger partial charge in [-0.1, -0.05) is 23.7 Å². The Bertz CT molecular complexity index is 1020. The molecule has 0 saturated carbocycles. The number of halogens is 2. The van der Waals surface area contributed by atoms with Gasteiger partial charge in [-0.2, -0.15) is 0 Å². The second-order valence-corrected chi connectivity index (χ2v) is 8.55. The molecule has 3 amide bonds. The summed E-state index contributed by atoms with van der Waals surface area (Å²) in [6, 6.07) is 9.91. The normalized spacial score (nSPS) is 15.4. The van der Waals surface area contributed by atoms with Gasteiger partial charge in [-0.05, 0) is 82.7 Å². The van der Waals surface area contributed by atoms with E-state index in [1.165, 1.54) is 6.07 Å². The van der Waals surface area contributed by atoms with Gasteiger partial charge >= 0.3 is 0 Å². The molecule has 0 aliphatic carbocycles. The van der Waals surface area contributed by atoms with Crippen molar-refractivity contribution < 1.29 is 19.5 Å². The van der Waals surface area contributed by atoms with E-state index in [4.69, 9.17) is 11.6 Å². The minimum atomic E-state index is -0.532. The molecule has 6 nitrogen and oxygen atoms in total. The van der Waals surface area contributed by atoms with E-state index in [1.54, 1.807) is 36.4 Å². The Morgan fingerprint density at radius 3 is 2.71 bits per heavy atom. The number of nitrogens with zero attached hydrogens (tertiary/aromatic N) is 1. The number of phenols is 1. The first-order chi connectivity index (χ1) is 13.2. The lowest BCUT2D eigenvalue weighted by atomic mass is 10.2. The largest absolute Gasteiger partial charge is 0.507 e. The third-order valence-corrected chi connectivity index (χ3v) is 6.08. The third-order valence-electron chi connectivity index (χ3n) is 3.90. The number of benzene rings is 2. The second kappa shape index (κ2) is 8.54. The minimum Gasteiger partial charge on any atom is -0.507 e. The molecule has 1 heterocycles. The highest BCUT2D eigenvalue weighted by molar-refractivity contribution is 14.1. The van der Waals surface area contributed by atoms with Gasteiger partial charge in [0.1, 0.15) is 12.3 Å². The van der Waals surface area contributed by atoms with E-state index < -0.39 is 17.1 Å². The zero-order chi connectivity index (χ0) is 20.4. The number of imide groups is 1. The molecule has 0 atom stereocenters. The summed E-state index contributed by atoms with van der Waals surface area (Å²) in [5, 5.41) is 12.2. The van der Waals surface area contributed by atoms with E-state index in [9.17, 15) is 19.5 Å². The maximum atomic E-state index is 12.5. The first-order valence-corrected chi connectivity index (χ1v) is 10.3. The average molecular weight is 529 g/mol. The Kier molecular flexibility index (Phi) is 6.31. The molecule has 0 aromatic heterocycles. The molecule has 1 fully saturated rings. The molecule has 3 rings (SSSR count). The van der Waals surface area contributed by atoms with Crippen LogP contribution in [0.1, 0.15) is 11.1 Å². The van der Waals surface area contributed by atoms with E-state index in [1.807, 2.05) is 29.5 Å². The van der Waals surface area contributed by atoms with Crippen molar-refractivity contribution in [1.29, 1.82) is 0 Å². The summed E-state index contributed by atoms with van der Waals surface area (Å²) < 4.78 is 0.627. The molecule has 0 unspecified atom stereocenters. The minimum absolute atomic E-state index is 0.138. The Morgan fingerprint density at radius 1 is 1.29 bits per heavy atom. The lowest BCUT2D eigenvalue weighted by Gasteiger charge is -2.13. The predicted molar refractivity (Wildman–Crippen MR) is 118 cm³/mol. The first kappa shape index (κ1) is 20.7.